The minimum atomic E-state index is -0.820. The van der Waals surface area contributed by atoms with E-state index in [0.29, 0.717) is 10.9 Å². The summed E-state index contributed by atoms with van der Waals surface area (Å²) in [4.78, 5) is 14.2. The second-order valence-corrected chi connectivity index (χ2v) is 3.26. The Hall–Kier alpha value is -1.49. The lowest BCUT2D eigenvalue weighted by Crippen LogP contribution is -2.25. The van der Waals surface area contributed by atoms with E-state index in [0.717, 1.165) is 0 Å². The minimum Gasteiger partial charge on any atom is -0.490 e. The quantitative estimate of drug-likeness (QED) is 0.798. The Labute approximate surface area is 92.1 Å². The van der Waals surface area contributed by atoms with E-state index in [9.17, 15) is 4.79 Å². The highest BCUT2D eigenvalue weighted by Gasteiger charge is 2.06. The van der Waals surface area contributed by atoms with Crippen LogP contribution < -0.4 is 10.5 Å². The summed E-state index contributed by atoms with van der Waals surface area (Å²) >= 11 is 5.65. The van der Waals surface area contributed by atoms with Gasteiger partial charge in [-0.25, -0.2) is 9.78 Å². The largest absolute Gasteiger partial charge is 0.490 e. The summed E-state index contributed by atoms with van der Waals surface area (Å²) in [5.74, 6) is 0.565. The van der Waals surface area contributed by atoms with Gasteiger partial charge in [0.25, 0.3) is 0 Å². The van der Waals surface area contributed by atoms with Crippen molar-refractivity contribution in [3.05, 3.63) is 23.5 Å². The molecule has 1 unspecified atom stereocenters. The maximum Gasteiger partial charge on any atom is 0.404 e. The molecular formula is C9H11ClN2O3. The highest BCUT2D eigenvalue weighted by atomic mass is 35.5. The zero-order valence-electron chi connectivity index (χ0n) is 8.14. The van der Waals surface area contributed by atoms with Crippen molar-refractivity contribution < 1.29 is 14.3 Å². The number of hydrogen-bond acceptors (Lipinski definition) is 4. The third kappa shape index (κ3) is 4.51. The molecule has 0 saturated carbocycles. The molecule has 5 nitrogen and oxygen atoms in total. The van der Waals surface area contributed by atoms with Crippen LogP contribution in [0.25, 0.3) is 0 Å². The molecule has 0 aliphatic heterocycles. The molecule has 15 heavy (non-hydrogen) atoms. The van der Waals surface area contributed by atoms with Gasteiger partial charge in [-0.15, -0.1) is 0 Å². The van der Waals surface area contributed by atoms with E-state index in [1.807, 2.05) is 0 Å². The van der Waals surface area contributed by atoms with Crippen molar-refractivity contribution in [2.75, 3.05) is 6.61 Å². The lowest BCUT2D eigenvalue weighted by atomic mass is 10.4. The maximum absolute atomic E-state index is 10.4. The van der Waals surface area contributed by atoms with Crippen molar-refractivity contribution in [2.24, 2.45) is 5.73 Å². The van der Waals surface area contributed by atoms with Gasteiger partial charge in [-0.05, 0) is 13.0 Å². The van der Waals surface area contributed by atoms with Crippen molar-refractivity contribution in [3.8, 4) is 5.75 Å². The Kier molecular flexibility index (Phi) is 4.17. The summed E-state index contributed by atoms with van der Waals surface area (Å²) < 4.78 is 9.96. The zero-order valence-corrected chi connectivity index (χ0v) is 8.90. The van der Waals surface area contributed by atoms with Gasteiger partial charge < -0.3 is 15.2 Å². The van der Waals surface area contributed by atoms with Gasteiger partial charge in [0, 0.05) is 12.3 Å². The third-order valence-electron chi connectivity index (χ3n) is 1.50. The van der Waals surface area contributed by atoms with Gasteiger partial charge >= 0.3 is 6.09 Å². The molecule has 6 heteroatoms. The van der Waals surface area contributed by atoms with E-state index in [-0.39, 0.29) is 6.61 Å². The van der Waals surface area contributed by atoms with Crippen LogP contribution in [0, 0.1) is 0 Å². The van der Waals surface area contributed by atoms with Crippen LogP contribution in [0.5, 0.6) is 5.75 Å². The van der Waals surface area contributed by atoms with Crippen molar-refractivity contribution in [1.29, 1.82) is 0 Å². The highest BCUT2D eigenvalue weighted by molar-refractivity contribution is 6.29. The first-order valence-corrected chi connectivity index (χ1v) is 4.66. The molecular weight excluding hydrogens is 220 g/mol. The number of hydrogen-bond donors (Lipinski definition) is 1. The molecule has 0 saturated heterocycles. The Morgan fingerprint density at radius 2 is 2.47 bits per heavy atom. The number of primary amides is 1. The molecule has 0 spiro atoms. The normalized spacial score (nSPS) is 11.9. The van der Waals surface area contributed by atoms with Crippen LogP contribution in [0.15, 0.2) is 18.3 Å². The van der Waals surface area contributed by atoms with Crippen molar-refractivity contribution in [3.63, 3.8) is 0 Å². The molecule has 0 bridgehead atoms. The van der Waals surface area contributed by atoms with Gasteiger partial charge in [0.1, 0.15) is 23.6 Å². The Morgan fingerprint density at radius 1 is 1.73 bits per heavy atom. The molecule has 0 fully saturated rings. The van der Waals surface area contributed by atoms with Crippen LogP contribution in [-0.2, 0) is 4.74 Å². The minimum absolute atomic E-state index is 0.212. The second-order valence-electron chi connectivity index (χ2n) is 2.87. The average molecular weight is 231 g/mol. The monoisotopic (exact) mass is 230 g/mol. The number of ether oxygens (including phenoxy) is 2. The lowest BCUT2D eigenvalue weighted by Gasteiger charge is -2.12. The molecule has 0 aromatic carbocycles. The van der Waals surface area contributed by atoms with Crippen molar-refractivity contribution >= 4 is 17.7 Å². The number of carbonyl (C=O) groups excluding carboxylic acids is 1. The zero-order chi connectivity index (χ0) is 11.3. The Bertz CT molecular complexity index is 346. The first kappa shape index (κ1) is 11.6. The maximum atomic E-state index is 10.4. The van der Waals surface area contributed by atoms with E-state index in [1.165, 1.54) is 6.20 Å². The van der Waals surface area contributed by atoms with Crippen LogP contribution in [0.4, 0.5) is 4.79 Å². The van der Waals surface area contributed by atoms with E-state index in [1.54, 1.807) is 19.1 Å². The summed E-state index contributed by atoms with van der Waals surface area (Å²) in [6.45, 7) is 1.89. The molecule has 0 radical (unpaired) electrons. The van der Waals surface area contributed by atoms with Crippen LogP contribution in [0.2, 0.25) is 5.15 Å². The first-order chi connectivity index (χ1) is 7.08. The summed E-state index contributed by atoms with van der Waals surface area (Å²) in [5.41, 5.74) is 4.84. The fraction of sp³-hybridized carbons (Fsp3) is 0.333. The fourth-order valence-corrected chi connectivity index (χ4v) is 1.08. The molecule has 1 atom stereocenters. The molecule has 82 valence electrons. The fourth-order valence-electron chi connectivity index (χ4n) is 0.920. The van der Waals surface area contributed by atoms with Crippen LogP contribution >= 0.6 is 11.6 Å². The molecule has 1 aromatic heterocycles. The van der Waals surface area contributed by atoms with Gasteiger partial charge in [0.05, 0.1) is 0 Å². The topological polar surface area (TPSA) is 74.4 Å². The van der Waals surface area contributed by atoms with Gasteiger partial charge in [-0.1, -0.05) is 11.6 Å². The van der Waals surface area contributed by atoms with Gasteiger partial charge in [-0.2, -0.15) is 0 Å². The molecule has 1 aromatic rings. The van der Waals surface area contributed by atoms with E-state index < -0.39 is 12.2 Å². The van der Waals surface area contributed by atoms with Crippen LogP contribution in [0.1, 0.15) is 6.92 Å². The third-order valence-corrected chi connectivity index (χ3v) is 1.71. The number of rotatable bonds is 4. The number of pyridine rings is 1. The second kappa shape index (κ2) is 5.41. The average Bonchev–Trinajstić information content (AvgIpc) is 2.14. The summed E-state index contributed by atoms with van der Waals surface area (Å²) in [6.07, 6.45) is 0.297. The van der Waals surface area contributed by atoms with E-state index in [4.69, 9.17) is 22.1 Å². The van der Waals surface area contributed by atoms with Gasteiger partial charge in [-0.3, -0.25) is 0 Å². The summed E-state index contributed by atoms with van der Waals surface area (Å²) in [5, 5.41) is 0.343. The lowest BCUT2D eigenvalue weighted by molar-refractivity contribution is 0.0823. The van der Waals surface area contributed by atoms with Crippen molar-refractivity contribution in [2.45, 2.75) is 13.0 Å². The van der Waals surface area contributed by atoms with Gasteiger partial charge in [0.2, 0.25) is 0 Å². The molecule has 0 aliphatic carbocycles. The van der Waals surface area contributed by atoms with E-state index in [2.05, 4.69) is 9.72 Å². The Morgan fingerprint density at radius 3 is 3.07 bits per heavy atom. The van der Waals surface area contributed by atoms with Crippen molar-refractivity contribution in [1.82, 2.24) is 4.98 Å². The van der Waals surface area contributed by atoms with Crippen LogP contribution in [0.3, 0.4) is 0 Å². The predicted octanol–water partition coefficient (Wildman–Crippen LogP) is 1.60. The Balaban J connectivity index is 2.40. The molecule has 1 rings (SSSR count). The molecule has 0 aliphatic rings. The smallest absolute Gasteiger partial charge is 0.404 e. The van der Waals surface area contributed by atoms with Crippen LogP contribution in [-0.4, -0.2) is 23.8 Å². The summed E-state index contributed by atoms with van der Waals surface area (Å²) in [6, 6.07) is 3.22. The standard InChI is InChI=1S/C9H11ClN2O3/c1-6(15-9(11)13)5-14-7-2-3-12-8(10)4-7/h2-4,6H,5H2,1H3,(H2,11,13). The number of carbonyl (C=O) groups is 1. The van der Waals surface area contributed by atoms with E-state index >= 15 is 0 Å². The molecule has 2 N–H and O–H groups in total. The summed E-state index contributed by atoms with van der Waals surface area (Å²) in [7, 11) is 0. The molecule has 1 heterocycles. The van der Waals surface area contributed by atoms with Gasteiger partial charge in [0.15, 0.2) is 0 Å². The first-order valence-electron chi connectivity index (χ1n) is 4.28. The number of aromatic nitrogens is 1. The number of nitrogens with zero attached hydrogens (tertiary/aromatic N) is 1. The molecule has 1 amide bonds. The number of amides is 1. The number of nitrogens with two attached hydrogens (primary N) is 1. The predicted molar refractivity (Wildman–Crippen MR) is 54.9 cm³/mol. The number of halogens is 1. The SMILES string of the molecule is CC(COc1ccnc(Cl)c1)OC(N)=O. The highest BCUT2D eigenvalue weighted by Crippen LogP contribution is 2.14.